The summed E-state index contributed by atoms with van der Waals surface area (Å²) in [5.74, 6) is -0.0918. The number of nitrogens with zero attached hydrogens (tertiary/aromatic N) is 1. The van der Waals surface area contributed by atoms with E-state index in [2.05, 4.69) is 11.6 Å². The summed E-state index contributed by atoms with van der Waals surface area (Å²) in [5.41, 5.74) is -0.538. The molecule has 24 heavy (non-hydrogen) atoms. The molecule has 2 rings (SSSR count). The first-order valence-corrected chi connectivity index (χ1v) is 8.84. The highest BCUT2D eigenvalue weighted by molar-refractivity contribution is 7.85. The standard InChI is InChI=1S/C14H14ClF3N2O3S/c1-3-20-8(2)19-13-9(5-4-6-24(21,22)23)12(14(16,17)18)10(15)7-11(13)20/h3,7H,1,4-6H2,2H3,(H,21,22,23)/p+1. The number of rotatable bonds is 5. The SMILES string of the molecule is C=C[n+]1c(C)[nH]c2c(CCCS(=O)(=O)O)c(C(F)(F)F)c(Cl)cc21. The van der Waals surface area contributed by atoms with Gasteiger partial charge in [0.25, 0.3) is 15.9 Å². The molecule has 0 fully saturated rings. The first-order valence-electron chi connectivity index (χ1n) is 6.86. The smallest absolute Gasteiger partial charge is 0.286 e. The second-order valence-electron chi connectivity index (χ2n) is 5.26. The molecule has 10 heteroatoms. The van der Waals surface area contributed by atoms with Gasteiger partial charge in [-0.3, -0.25) is 4.55 Å². The fourth-order valence-corrected chi connectivity index (χ4v) is 3.50. The first-order chi connectivity index (χ1) is 11.0. The zero-order chi connectivity index (χ0) is 18.3. The second kappa shape index (κ2) is 6.38. The average Bonchev–Trinajstić information content (AvgIpc) is 2.70. The van der Waals surface area contributed by atoms with Gasteiger partial charge in [0.1, 0.15) is 0 Å². The Bertz CT molecular complexity index is 904. The summed E-state index contributed by atoms with van der Waals surface area (Å²) in [4.78, 5) is 2.86. The zero-order valence-corrected chi connectivity index (χ0v) is 14.2. The van der Waals surface area contributed by atoms with Gasteiger partial charge in [-0.1, -0.05) is 18.2 Å². The average molecular weight is 384 g/mol. The Balaban J connectivity index is 2.68. The molecule has 0 saturated heterocycles. The van der Waals surface area contributed by atoms with Gasteiger partial charge < -0.3 is 0 Å². The third-order valence-corrected chi connectivity index (χ3v) is 4.69. The lowest BCUT2D eigenvalue weighted by molar-refractivity contribution is -0.546. The van der Waals surface area contributed by atoms with Crippen LogP contribution in [-0.2, 0) is 22.7 Å². The Hall–Kier alpha value is -1.58. The van der Waals surface area contributed by atoms with Crippen molar-refractivity contribution in [3.63, 3.8) is 0 Å². The van der Waals surface area contributed by atoms with Gasteiger partial charge in [-0.15, -0.1) is 0 Å². The van der Waals surface area contributed by atoms with Crippen molar-refractivity contribution in [2.45, 2.75) is 25.9 Å². The van der Waals surface area contributed by atoms with Crippen molar-refractivity contribution in [3.8, 4) is 0 Å². The van der Waals surface area contributed by atoms with Gasteiger partial charge in [-0.25, -0.2) is 9.55 Å². The Morgan fingerprint density at radius 2 is 2.08 bits per heavy atom. The number of hydrogen-bond acceptors (Lipinski definition) is 2. The molecule has 1 aromatic carbocycles. The molecule has 0 spiro atoms. The molecule has 2 N–H and O–H groups in total. The van der Waals surface area contributed by atoms with Crippen LogP contribution in [0.25, 0.3) is 17.2 Å². The number of halogens is 4. The van der Waals surface area contributed by atoms with E-state index in [1.807, 2.05) is 0 Å². The van der Waals surface area contributed by atoms with Crippen LogP contribution in [0, 0.1) is 6.92 Å². The van der Waals surface area contributed by atoms with Gasteiger partial charge >= 0.3 is 6.18 Å². The van der Waals surface area contributed by atoms with Gasteiger partial charge in [0.05, 0.1) is 22.5 Å². The van der Waals surface area contributed by atoms with Crippen molar-refractivity contribution in [2.75, 3.05) is 5.75 Å². The molecule has 0 aliphatic carbocycles. The lowest BCUT2D eigenvalue weighted by Gasteiger charge is -2.14. The highest BCUT2D eigenvalue weighted by Gasteiger charge is 2.38. The van der Waals surface area contributed by atoms with Crippen molar-refractivity contribution in [1.29, 1.82) is 0 Å². The first kappa shape index (κ1) is 18.8. The molecule has 0 bridgehead atoms. The van der Waals surface area contributed by atoms with Gasteiger partial charge in [-0.2, -0.15) is 21.6 Å². The molecule has 0 aliphatic rings. The number of benzene rings is 1. The molecule has 0 saturated carbocycles. The monoisotopic (exact) mass is 383 g/mol. The Labute approximate surface area is 141 Å². The second-order valence-corrected chi connectivity index (χ2v) is 7.24. The summed E-state index contributed by atoms with van der Waals surface area (Å²) in [6, 6.07) is 1.19. The van der Waals surface area contributed by atoms with Crippen LogP contribution in [0.2, 0.25) is 5.02 Å². The molecule has 0 amide bonds. The van der Waals surface area contributed by atoms with E-state index in [4.69, 9.17) is 16.2 Å². The minimum Gasteiger partial charge on any atom is -0.286 e. The number of imidazole rings is 1. The van der Waals surface area contributed by atoms with Crippen LogP contribution in [0.3, 0.4) is 0 Å². The molecule has 0 unspecified atom stereocenters. The number of H-pyrrole nitrogens is 1. The number of alkyl halides is 3. The van der Waals surface area contributed by atoms with Gasteiger partial charge in [0.2, 0.25) is 0 Å². The Morgan fingerprint density at radius 3 is 2.58 bits per heavy atom. The lowest BCUT2D eigenvalue weighted by Crippen LogP contribution is -2.27. The Kier molecular flexibility index (Phi) is 4.98. The number of aryl methyl sites for hydroxylation is 2. The third-order valence-electron chi connectivity index (χ3n) is 3.58. The maximum atomic E-state index is 13.4. The topological polar surface area (TPSA) is 74.0 Å². The summed E-state index contributed by atoms with van der Waals surface area (Å²) in [6.07, 6.45) is -3.66. The molecule has 1 aromatic heterocycles. The molecule has 0 radical (unpaired) electrons. The molecule has 1 heterocycles. The van der Waals surface area contributed by atoms with E-state index in [0.29, 0.717) is 11.3 Å². The molecule has 132 valence electrons. The number of hydrogen-bond donors (Lipinski definition) is 2. The molecule has 2 aromatic rings. The number of aromatic amines is 1. The summed E-state index contributed by atoms with van der Waals surface area (Å²) in [5, 5.41) is -0.480. The van der Waals surface area contributed by atoms with Crippen LogP contribution in [0.5, 0.6) is 0 Å². The highest BCUT2D eigenvalue weighted by atomic mass is 35.5. The highest BCUT2D eigenvalue weighted by Crippen LogP contribution is 2.40. The summed E-state index contributed by atoms with van der Waals surface area (Å²) in [7, 11) is -4.26. The summed E-state index contributed by atoms with van der Waals surface area (Å²) < 4.78 is 72.2. The van der Waals surface area contributed by atoms with E-state index in [1.165, 1.54) is 12.3 Å². The molecule has 0 atom stereocenters. The van der Waals surface area contributed by atoms with E-state index in [-0.39, 0.29) is 23.9 Å². The fraction of sp³-hybridized carbons (Fsp3) is 0.357. The number of nitrogens with one attached hydrogen (secondary N) is 1. The van der Waals surface area contributed by atoms with Crippen LogP contribution >= 0.6 is 11.6 Å². The van der Waals surface area contributed by atoms with Crippen LogP contribution in [0.15, 0.2) is 12.6 Å². The summed E-state index contributed by atoms with van der Waals surface area (Å²) >= 11 is 5.85. The quantitative estimate of drug-likeness (QED) is 0.614. The van der Waals surface area contributed by atoms with Crippen molar-refractivity contribution in [1.82, 2.24) is 4.98 Å². The normalized spacial score (nSPS) is 12.8. The van der Waals surface area contributed by atoms with E-state index >= 15 is 0 Å². The van der Waals surface area contributed by atoms with Gasteiger partial charge in [0.15, 0.2) is 11.0 Å². The maximum absolute atomic E-state index is 13.4. The minimum absolute atomic E-state index is 0.141. The van der Waals surface area contributed by atoms with Crippen LogP contribution in [-0.4, -0.2) is 23.7 Å². The molecule has 0 aliphatic heterocycles. The van der Waals surface area contributed by atoms with E-state index < -0.39 is 32.6 Å². The largest absolute Gasteiger partial charge is 0.418 e. The van der Waals surface area contributed by atoms with Gasteiger partial charge in [-0.05, 0) is 12.8 Å². The number of fused-ring (bicyclic) bond motifs is 1. The van der Waals surface area contributed by atoms with Crippen molar-refractivity contribution in [2.24, 2.45) is 0 Å². The van der Waals surface area contributed by atoms with Crippen LogP contribution in [0.1, 0.15) is 23.4 Å². The van der Waals surface area contributed by atoms with E-state index in [1.54, 1.807) is 11.5 Å². The van der Waals surface area contributed by atoms with Crippen molar-refractivity contribution >= 4 is 39.0 Å². The lowest BCUT2D eigenvalue weighted by atomic mass is 10.0. The maximum Gasteiger partial charge on any atom is 0.418 e. The fourth-order valence-electron chi connectivity index (χ4n) is 2.66. The zero-order valence-electron chi connectivity index (χ0n) is 12.6. The minimum atomic E-state index is -4.70. The number of aromatic nitrogens is 2. The van der Waals surface area contributed by atoms with Crippen molar-refractivity contribution in [3.05, 3.63) is 34.6 Å². The molecule has 5 nitrogen and oxygen atoms in total. The Morgan fingerprint density at radius 1 is 1.46 bits per heavy atom. The van der Waals surface area contributed by atoms with Crippen LogP contribution < -0.4 is 4.57 Å². The van der Waals surface area contributed by atoms with Crippen LogP contribution in [0.4, 0.5) is 13.2 Å². The van der Waals surface area contributed by atoms with Crippen molar-refractivity contribution < 1.29 is 30.7 Å². The predicted octanol–water partition coefficient (Wildman–Crippen LogP) is 3.36. The predicted molar refractivity (Wildman–Crippen MR) is 84.4 cm³/mol. The van der Waals surface area contributed by atoms with Gasteiger partial charge in [0, 0.05) is 18.6 Å². The van der Waals surface area contributed by atoms with E-state index in [9.17, 15) is 21.6 Å². The van der Waals surface area contributed by atoms with E-state index in [0.717, 1.165) is 0 Å². The third kappa shape index (κ3) is 3.73. The molecular formula is C14H15ClF3N2O3S+. The summed E-state index contributed by atoms with van der Waals surface area (Å²) in [6.45, 7) is 5.26. The molecular weight excluding hydrogens is 369 g/mol.